The molecule has 1 aliphatic carbocycles. The second kappa shape index (κ2) is 22.4. The molecule has 16 aromatic carbocycles. The highest BCUT2D eigenvalue weighted by molar-refractivity contribution is 6.22. The molecule has 19 rings (SSSR count). The van der Waals surface area contributed by atoms with Crippen molar-refractivity contribution in [2.75, 3.05) is 10.2 Å². The molecule has 0 amide bonds. The van der Waals surface area contributed by atoms with Crippen LogP contribution in [0, 0.1) is 0 Å². The average molecular weight is 1230 g/mol. The van der Waals surface area contributed by atoms with E-state index in [9.17, 15) is 0 Å². The summed E-state index contributed by atoms with van der Waals surface area (Å²) >= 11 is 0. The zero-order chi connectivity index (χ0) is 64.1. The zero-order valence-electron chi connectivity index (χ0n) is 53.3. The molecule has 2 heterocycles. The monoisotopic (exact) mass is 1230 g/mol. The van der Waals surface area contributed by atoms with Gasteiger partial charge in [-0.2, -0.15) is 0 Å². The fourth-order valence-corrected chi connectivity index (χ4v) is 17.8. The van der Waals surface area contributed by atoms with Gasteiger partial charge in [0.15, 0.2) is 0 Å². The number of nitrogens with zero attached hydrogens (tertiary/aromatic N) is 1. The number of rotatable bonds is 10. The standard InChI is InChI=1S/C95H64N2/c1-8-33-64(34-9-1)93(65-35-10-2-11-36-65)81-55-23-22-47-77(81)90-78(54-32-58-84(90)93)89-73-50-28-48-71(75-52-30-59-85-91(75)96-87-61-26-24-56-82(87)94(85,66-37-12-3-13-38-66)67-39-14-4-15-40-67)79(73)63-80-72(49-29-51-74(80)89)76-53-31-60-86-92(76)97(70-45-20-7-21-46-70)88-62-27-25-57-83(88)95(86,68-41-16-5-17-42-68)69-43-18-6-19-44-69/h1-63,96H. The summed E-state index contributed by atoms with van der Waals surface area (Å²) < 4.78 is 0. The van der Waals surface area contributed by atoms with Crippen molar-refractivity contribution in [2.24, 2.45) is 0 Å². The summed E-state index contributed by atoms with van der Waals surface area (Å²) in [5.74, 6) is 0. The lowest BCUT2D eigenvalue weighted by Crippen LogP contribution is -2.38. The molecule has 0 saturated heterocycles. The molecular weight excluding hydrogens is 1170 g/mol. The second-order valence-corrected chi connectivity index (χ2v) is 26.1. The minimum Gasteiger partial charge on any atom is -0.354 e. The van der Waals surface area contributed by atoms with Crippen LogP contribution >= 0.6 is 0 Å². The van der Waals surface area contributed by atoms with E-state index < -0.39 is 16.2 Å². The van der Waals surface area contributed by atoms with Gasteiger partial charge in [-0.25, -0.2) is 0 Å². The molecule has 0 aromatic heterocycles. The van der Waals surface area contributed by atoms with Crippen molar-refractivity contribution in [1.82, 2.24) is 0 Å². The van der Waals surface area contributed by atoms with E-state index in [2.05, 4.69) is 392 Å². The van der Waals surface area contributed by atoms with Crippen molar-refractivity contribution in [3.63, 3.8) is 0 Å². The van der Waals surface area contributed by atoms with Crippen LogP contribution in [0.4, 0.5) is 28.4 Å². The number of nitrogens with one attached hydrogen (secondary N) is 1. The summed E-state index contributed by atoms with van der Waals surface area (Å²) in [4.78, 5) is 2.55. The van der Waals surface area contributed by atoms with E-state index in [-0.39, 0.29) is 0 Å². The van der Waals surface area contributed by atoms with E-state index >= 15 is 0 Å². The molecule has 2 nitrogen and oxygen atoms in total. The first-order chi connectivity index (χ1) is 48.2. The number of hydrogen-bond donors (Lipinski definition) is 1. The minimum atomic E-state index is -0.708. The fraction of sp³-hybridized carbons (Fsp3) is 0.0316. The van der Waals surface area contributed by atoms with Crippen LogP contribution in [0.3, 0.4) is 0 Å². The highest BCUT2D eigenvalue weighted by atomic mass is 15.2. The number of hydrogen-bond acceptors (Lipinski definition) is 2. The molecule has 0 bridgehead atoms. The van der Waals surface area contributed by atoms with E-state index in [0.29, 0.717) is 0 Å². The number of fused-ring (bicyclic) bond motifs is 9. The van der Waals surface area contributed by atoms with Crippen molar-refractivity contribution in [3.8, 4) is 44.5 Å². The summed E-state index contributed by atoms with van der Waals surface area (Å²) in [6.45, 7) is 0. The van der Waals surface area contributed by atoms with Crippen molar-refractivity contribution in [1.29, 1.82) is 0 Å². The smallest absolute Gasteiger partial charge is 0.0742 e. The lowest BCUT2D eigenvalue weighted by Gasteiger charge is -2.47. The highest BCUT2D eigenvalue weighted by Gasteiger charge is 2.50. The number of anilines is 5. The summed E-state index contributed by atoms with van der Waals surface area (Å²) in [5, 5.41) is 8.85. The zero-order valence-corrected chi connectivity index (χ0v) is 53.3. The largest absolute Gasteiger partial charge is 0.354 e. The molecular formula is C95H64N2. The Kier molecular flexibility index (Phi) is 13.0. The van der Waals surface area contributed by atoms with Crippen LogP contribution in [-0.4, -0.2) is 0 Å². The predicted octanol–water partition coefficient (Wildman–Crippen LogP) is 24.0. The maximum atomic E-state index is 4.16. The van der Waals surface area contributed by atoms with E-state index in [0.717, 1.165) is 61.5 Å². The Hall–Kier alpha value is -12.4. The first-order valence-electron chi connectivity index (χ1n) is 33.8. The molecule has 2 heteroatoms. The average Bonchev–Trinajstić information content (AvgIpc) is 1.64. The van der Waals surface area contributed by atoms with E-state index in [1.165, 1.54) is 99.8 Å². The van der Waals surface area contributed by atoms with Crippen LogP contribution in [0.15, 0.2) is 382 Å². The van der Waals surface area contributed by atoms with Crippen molar-refractivity contribution in [2.45, 2.75) is 16.2 Å². The summed E-state index contributed by atoms with van der Waals surface area (Å²) in [6.07, 6.45) is 0. The molecule has 0 fully saturated rings. The van der Waals surface area contributed by atoms with E-state index in [4.69, 9.17) is 0 Å². The van der Waals surface area contributed by atoms with Crippen LogP contribution in [0.2, 0.25) is 0 Å². The third kappa shape index (κ3) is 8.08. The van der Waals surface area contributed by atoms with Gasteiger partial charge in [-0.05, 0) is 152 Å². The van der Waals surface area contributed by atoms with Gasteiger partial charge in [0.25, 0.3) is 0 Å². The maximum Gasteiger partial charge on any atom is 0.0742 e. The predicted molar refractivity (Wildman–Crippen MR) is 403 cm³/mol. The topological polar surface area (TPSA) is 15.3 Å². The van der Waals surface area contributed by atoms with Gasteiger partial charge >= 0.3 is 0 Å². The molecule has 0 radical (unpaired) electrons. The molecule has 16 aromatic rings. The normalized spacial score (nSPS) is 14.1. The van der Waals surface area contributed by atoms with Gasteiger partial charge in [0.1, 0.15) is 0 Å². The Labute approximate surface area is 566 Å². The van der Waals surface area contributed by atoms with Crippen LogP contribution < -0.4 is 10.2 Å². The third-order valence-corrected chi connectivity index (χ3v) is 21.5. The fourth-order valence-electron chi connectivity index (χ4n) is 17.8. The Morgan fingerprint density at radius 2 is 0.577 bits per heavy atom. The molecule has 2 aliphatic heterocycles. The van der Waals surface area contributed by atoms with Gasteiger partial charge in [0.05, 0.1) is 33.3 Å². The third-order valence-electron chi connectivity index (χ3n) is 21.5. The Morgan fingerprint density at radius 1 is 0.216 bits per heavy atom. The van der Waals surface area contributed by atoms with Gasteiger partial charge in [-0.1, -0.05) is 352 Å². The van der Waals surface area contributed by atoms with Gasteiger partial charge in [-0.15, -0.1) is 0 Å². The quantitative estimate of drug-likeness (QED) is 0.137. The molecule has 3 aliphatic rings. The molecule has 0 saturated carbocycles. The molecule has 454 valence electrons. The first kappa shape index (κ1) is 56.2. The Balaban J connectivity index is 0.959. The number of para-hydroxylation sites is 5. The van der Waals surface area contributed by atoms with Gasteiger partial charge in [0, 0.05) is 22.5 Å². The Bertz CT molecular complexity index is 5590. The lowest BCUT2D eigenvalue weighted by atomic mass is 9.62. The van der Waals surface area contributed by atoms with Crippen LogP contribution in [0.5, 0.6) is 0 Å². The second-order valence-electron chi connectivity index (χ2n) is 26.1. The SMILES string of the molecule is c1ccc(N2c3ccccc3C(c3ccccc3)(c3ccccc3)c3cccc(-c4cccc5c(-c6cccc7c6-c6ccccc6C7(c6ccccc6)c6ccccc6)c6cccc(-c7cccc8c7Nc7ccccc7C8(c7ccccc7)c7ccccc7)c6cc45)c32)cc1. The van der Waals surface area contributed by atoms with Crippen LogP contribution in [-0.2, 0) is 16.2 Å². The van der Waals surface area contributed by atoms with Crippen molar-refractivity contribution >= 4 is 50.0 Å². The minimum absolute atomic E-state index is 0.611. The van der Waals surface area contributed by atoms with Gasteiger partial charge in [-0.3, -0.25) is 0 Å². The highest BCUT2D eigenvalue weighted by Crippen LogP contribution is 2.63. The summed E-state index contributed by atoms with van der Waals surface area (Å²) in [5.41, 5.74) is 27.8. The van der Waals surface area contributed by atoms with Crippen LogP contribution in [0.25, 0.3) is 66.1 Å². The van der Waals surface area contributed by atoms with Crippen molar-refractivity contribution in [3.05, 3.63) is 449 Å². The number of benzene rings is 16. The summed E-state index contributed by atoms with van der Waals surface area (Å²) in [6, 6.07) is 143. The molecule has 0 spiro atoms. The molecule has 1 N–H and O–H groups in total. The van der Waals surface area contributed by atoms with E-state index in [1.807, 2.05) is 0 Å². The van der Waals surface area contributed by atoms with Crippen molar-refractivity contribution < 1.29 is 0 Å². The molecule has 97 heavy (non-hydrogen) atoms. The first-order valence-corrected chi connectivity index (χ1v) is 33.8. The lowest BCUT2D eigenvalue weighted by molar-refractivity contribution is 0.731. The Morgan fingerprint density at radius 3 is 1.12 bits per heavy atom. The van der Waals surface area contributed by atoms with Crippen LogP contribution in [0.1, 0.15) is 66.8 Å². The van der Waals surface area contributed by atoms with Gasteiger partial charge in [0.2, 0.25) is 0 Å². The van der Waals surface area contributed by atoms with Gasteiger partial charge < -0.3 is 10.2 Å². The maximum absolute atomic E-state index is 4.16. The molecule has 0 unspecified atom stereocenters. The molecule has 0 atom stereocenters. The van der Waals surface area contributed by atoms with E-state index in [1.54, 1.807) is 0 Å². The summed E-state index contributed by atoms with van der Waals surface area (Å²) in [7, 11) is 0.